The van der Waals surface area contributed by atoms with Gasteiger partial charge in [-0.1, -0.05) is 0 Å². The van der Waals surface area contributed by atoms with Crippen LogP contribution in [0, 0.1) is 0 Å². The summed E-state index contributed by atoms with van der Waals surface area (Å²) in [7, 11) is 3.49. The van der Waals surface area contributed by atoms with Crippen LogP contribution >= 0.6 is 0 Å². The van der Waals surface area contributed by atoms with E-state index in [1.165, 1.54) is 4.68 Å². The third-order valence-corrected chi connectivity index (χ3v) is 5.56. The fourth-order valence-corrected chi connectivity index (χ4v) is 3.88. The first-order valence-electron chi connectivity index (χ1n) is 10.8. The molecule has 0 unspecified atom stereocenters. The smallest absolute Gasteiger partial charge is 0.277 e. The van der Waals surface area contributed by atoms with Crippen LogP contribution in [-0.2, 0) is 6.42 Å². The Labute approximate surface area is 192 Å². The van der Waals surface area contributed by atoms with Crippen molar-refractivity contribution < 1.29 is 19.1 Å². The van der Waals surface area contributed by atoms with E-state index in [1.807, 2.05) is 31.3 Å². The zero-order valence-electron chi connectivity index (χ0n) is 18.7. The molecule has 0 spiro atoms. The molecule has 2 aromatic carbocycles. The first kappa shape index (κ1) is 22.3. The molecule has 3 aromatic rings. The Bertz CT molecular complexity index is 1140. The van der Waals surface area contributed by atoms with Crippen molar-refractivity contribution in [2.75, 3.05) is 38.8 Å². The van der Waals surface area contributed by atoms with Crippen molar-refractivity contribution in [1.82, 2.24) is 15.1 Å². The Morgan fingerprint density at radius 2 is 1.76 bits per heavy atom. The van der Waals surface area contributed by atoms with Gasteiger partial charge in [-0.25, -0.2) is 4.68 Å². The van der Waals surface area contributed by atoms with Crippen molar-refractivity contribution in [2.24, 2.45) is 5.73 Å². The molecule has 0 aliphatic carbocycles. The van der Waals surface area contributed by atoms with Crippen LogP contribution in [0.4, 0.5) is 5.69 Å². The number of fused-ring (bicyclic) bond motifs is 1. The third-order valence-electron chi connectivity index (χ3n) is 5.56. The second kappa shape index (κ2) is 9.74. The van der Waals surface area contributed by atoms with E-state index >= 15 is 0 Å². The number of nitrogens with zero attached hydrogens (tertiary/aromatic N) is 3. The maximum Gasteiger partial charge on any atom is 0.277 e. The molecular weight excluding hydrogens is 422 g/mol. The molecule has 9 nitrogen and oxygen atoms in total. The molecule has 1 aromatic heterocycles. The van der Waals surface area contributed by atoms with Gasteiger partial charge in [0.1, 0.15) is 17.2 Å². The number of methoxy groups -OCH3 is 1. The molecular formula is C24H27N5O4. The van der Waals surface area contributed by atoms with Crippen LogP contribution in [-0.4, -0.2) is 55.4 Å². The Kier molecular flexibility index (Phi) is 6.60. The number of ether oxygens (including phenoxy) is 2. The highest BCUT2D eigenvalue weighted by atomic mass is 16.5. The van der Waals surface area contributed by atoms with Crippen LogP contribution < -0.4 is 25.4 Å². The molecule has 2 heterocycles. The number of nitrogens with two attached hydrogens (primary N) is 1. The maximum absolute atomic E-state index is 13.5. The van der Waals surface area contributed by atoms with E-state index < -0.39 is 5.91 Å². The number of hydrogen-bond acceptors (Lipinski definition) is 6. The minimum atomic E-state index is -0.653. The molecule has 3 N–H and O–H groups in total. The number of rotatable bonds is 9. The quantitative estimate of drug-likeness (QED) is 0.484. The van der Waals surface area contributed by atoms with Crippen LogP contribution in [0.3, 0.4) is 0 Å². The number of benzene rings is 2. The van der Waals surface area contributed by atoms with Gasteiger partial charge in [0.05, 0.1) is 19.4 Å². The zero-order chi connectivity index (χ0) is 23.4. The minimum Gasteiger partial charge on any atom is -0.497 e. The molecule has 0 radical (unpaired) electrons. The largest absolute Gasteiger partial charge is 0.497 e. The monoisotopic (exact) mass is 449 g/mol. The number of carbonyl (C=O) groups is 2. The van der Waals surface area contributed by atoms with Crippen LogP contribution in [0.15, 0.2) is 48.5 Å². The highest BCUT2D eigenvalue weighted by Crippen LogP contribution is 2.30. The van der Waals surface area contributed by atoms with Crippen molar-refractivity contribution in [3.63, 3.8) is 0 Å². The van der Waals surface area contributed by atoms with E-state index in [0.29, 0.717) is 42.3 Å². The lowest BCUT2D eigenvalue weighted by Crippen LogP contribution is -2.39. The Morgan fingerprint density at radius 1 is 1.09 bits per heavy atom. The molecule has 9 heteroatoms. The number of amides is 2. The van der Waals surface area contributed by atoms with Gasteiger partial charge in [0.25, 0.3) is 11.8 Å². The van der Waals surface area contributed by atoms with Crippen molar-refractivity contribution in [1.29, 1.82) is 0 Å². The fraction of sp³-hybridized carbons (Fsp3) is 0.292. The summed E-state index contributed by atoms with van der Waals surface area (Å²) in [5.41, 5.74) is 7.99. The topological polar surface area (TPSA) is 112 Å². The fourth-order valence-electron chi connectivity index (χ4n) is 3.88. The number of hydrogen-bond donors (Lipinski definition) is 2. The molecule has 0 bridgehead atoms. The number of anilines is 1. The van der Waals surface area contributed by atoms with E-state index in [-0.39, 0.29) is 11.6 Å². The van der Waals surface area contributed by atoms with Crippen LogP contribution in [0.25, 0.3) is 5.69 Å². The average Bonchev–Trinajstić information content (AvgIpc) is 3.24. The summed E-state index contributed by atoms with van der Waals surface area (Å²) < 4.78 is 12.4. The van der Waals surface area contributed by atoms with Crippen LogP contribution in [0.2, 0.25) is 0 Å². The average molecular weight is 450 g/mol. The third kappa shape index (κ3) is 4.54. The van der Waals surface area contributed by atoms with Gasteiger partial charge in [0.15, 0.2) is 5.69 Å². The van der Waals surface area contributed by atoms with Gasteiger partial charge >= 0.3 is 0 Å². The van der Waals surface area contributed by atoms with E-state index in [9.17, 15) is 9.59 Å². The SMILES string of the molecule is CNCCCOc1ccc(N2CCc3c(C(N)=O)nn(-c4ccc(OC)cc4)c3C2=O)cc1. The lowest BCUT2D eigenvalue weighted by atomic mass is 10.0. The highest BCUT2D eigenvalue weighted by Gasteiger charge is 2.34. The summed E-state index contributed by atoms with van der Waals surface area (Å²) >= 11 is 0. The van der Waals surface area contributed by atoms with Crippen LogP contribution in [0.1, 0.15) is 33.0 Å². The van der Waals surface area contributed by atoms with Crippen molar-refractivity contribution in [2.45, 2.75) is 12.8 Å². The zero-order valence-corrected chi connectivity index (χ0v) is 18.7. The number of nitrogens with one attached hydrogen (secondary N) is 1. The summed E-state index contributed by atoms with van der Waals surface area (Å²) in [6.07, 6.45) is 1.38. The summed E-state index contributed by atoms with van der Waals surface area (Å²) in [5.74, 6) is 0.532. The molecule has 4 rings (SSSR count). The number of carbonyl (C=O) groups excluding carboxylic acids is 2. The summed E-state index contributed by atoms with van der Waals surface area (Å²) in [5, 5.41) is 7.47. The highest BCUT2D eigenvalue weighted by molar-refractivity contribution is 6.09. The lowest BCUT2D eigenvalue weighted by Gasteiger charge is -2.28. The van der Waals surface area contributed by atoms with Gasteiger partial charge in [-0.2, -0.15) is 5.10 Å². The maximum atomic E-state index is 13.5. The first-order chi connectivity index (χ1) is 16.0. The van der Waals surface area contributed by atoms with E-state index in [1.54, 1.807) is 36.3 Å². The first-order valence-corrected chi connectivity index (χ1v) is 10.8. The molecule has 2 amide bonds. The molecule has 0 fully saturated rings. The molecule has 0 saturated heterocycles. The molecule has 33 heavy (non-hydrogen) atoms. The second-order valence-electron chi connectivity index (χ2n) is 7.66. The lowest BCUT2D eigenvalue weighted by molar-refractivity contribution is 0.0972. The predicted octanol–water partition coefficient (Wildman–Crippen LogP) is 2.17. The van der Waals surface area contributed by atoms with Crippen molar-refractivity contribution >= 4 is 17.5 Å². The molecule has 0 atom stereocenters. The van der Waals surface area contributed by atoms with Crippen molar-refractivity contribution in [3.8, 4) is 17.2 Å². The van der Waals surface area contributed by atoms with Gasteiger partial charge in [-0.15, -0.1) is 0 Å². The molecule has 1 aliphatic rings. The normalized spacial score (nSPS) is 13.0. The predicted molar refractivity (Wildman–Crippen MR) is 124 cm³/mol. The van der Waals surface area contributed by atoms with Gasteiger partial charge < -0.3 is 25.4 Å². The number of aromatic nitrogens is 2. The van der Waals surface area contributed by atoms with E-state index in [4.69, 9.17) is 15.2 Å². The van der Waals surface area contributed by atoms with E-state index in [2.05, 4.69) is 10.4 Å². The second-order valence-corrected chi connectivity index (χ2v) is 7.66. The Hall–Kier alpha value is -3.85. The van der Waals surface area contributed by atoms with Crippen molar-refractivity contribution in [3.05, 3.63) is 65.5 Å². The minimum absolute atomic E-state index is 0.124. The van der Waals surface area contributed by atoms with Crippen LogP contribution in [0.5, 0.6) is 11.5 Å². The molecule has 172 valence electrons. The molecule has 1 aliphatic heterocycles. The molecule has 0 saturated carbocycles. The summed E-state index contributed by atoms with van der Waals surface area (Å²) in [4.78, 5) is 27.3. The van der Waals surface area contributed by atoms with Gasteiger partial charge in [0.2, 0.25) is 0 Å². The summed E-state index contributed by atoms with van der Waals surface area (Å²) in [6, 6.07) is 14.5. The Balaban J connectivity index is 1.62. The Morgan fingerprint density at radius 3 is 2.39 bits per heavy atom. The van der Waals surface area contributed by atoms with Gasteiger partial charge in [0, 0.05) is 17.8 Å². The van der Waals surface area contributed by atoms with Gasteiger partial charge in [-0.3, -0.25) is 9.59 Å². The number of primary amides is 1. The van der Waals surface area contributed by atoms with E-state index in [0.717, 1.165) is 24.4 Å². The van der Waals surface area contributed by atoms with Gasteiger partial charge in [-0.05, 0) is 75.0 Å². The summed E-state index contributed by atoms with van der Waals surface area (Å²) in [6.45, 7) is 1.92. The standard InChI is InChI=1S/C24H27N5O4/c1-26-13-3-15-33-19-10-4-16(5-11-19)28-14-12-20-21(23(25)30)27-29(22(20)24(28)31)17-6-8-18(32-2)9-7-17/h4-11,26H,3,12-15H2,1-2H3,(H2,25,30).